The van der Waals surface area contributed by atoms with Crippen molar-refractivity contribution >= 4 is 11.7 Å². The van der Waals surface area contributed by atoms with Gasteiger partial charge in [-0.15, -0.1) is 0 Å². The van der Waals surface area contributed by atoms with Gasteiger partial charge in [0.05, 0.1) is 6.42 Å². The van der Waals surface area contributed by atoms with Crippen molar-refractivity contribution in [2.45, 2.75) is 33.2 Å². The quantitative estimate of drug-likeness (QED) is 0.561. The predicted molar refractivity (Wildman–Crippen MR) is 110 cm³/mol. The topological polar surface area (TPSA) is 49.3 Å². The Morgan fingerprint density at radius 1 is 1.07 bits per heavy atom. The number of fused-ring (bicyclic) bond motifs is 3. The van der Waals surface area contributed by atoms with Crippen LogP contribution in [0, 0.1) is 13.8 Å². The molecule has 0 aromatic heterocycles. The Labute approximate surface area is 168 Å². The molecule has 1 heterocycles. The average Bonchev–Trinajstić information content (AvgIpc) is 2.69. The standard InChI is InChI=1S/C24H21F2NO2/c1-13-7-9-15(10-8-13)20-18(11-19(28)29)14(2)23-21(22(20)24(25)26)17-6-4-3-5-16(17)12-27-23/h3-10,24,27H,11-12H2,1-2H3,(H,28,29). The first-order chi connectivity index (χ1) is 13.9. The van der Waals surface area contributed by atoms with Crippen molar-refractivity contribution in [2.24, 2.45) is 0 Å². The molecule has 29 heavy (non-hydrogen) atoms. The maximum atomic E-state index is 14.5. The summed E-state index contributed by atoms with van der Waals surface area (Å²) in [5.41, 5.74) is 5.78. The van der Waals surface area contributed by atoms with Gasteiger partial charge in [-0.25, -0.2) is 8.78 Å². The number of carboxylic acid groups (broad SMARTS) is 1. The molecular formula is C24H21F2NO2. The molecular weight excluding hydrogens is 372 g/mol. The van der Waals surface area contributed by atoms with Gasteiger partial charge in [0.1, 0.15) is 0 Å². The third-order valence-corrected chi connectivity index (χ3v) is 5.55. The fourth-order valence-corrected chi connectivity index (χ4v) is 4.19. The number of nitrogens with one attached hydrogen (secondary N) is 1. The van der Waals surface area contributed by atoms with Crippen molar-refractivity contribution in [3.05, 3.63) is 76.3 Å². The molecule has 0 atom stereocenters. The van der Waals surface area contributed by atoms with Gasteiger partial charge in [0.25, 0.3) is 6.43 Å². The summed E-state index contributed by atoms with van der Waals surface area (Å²) >= 11 is 0. The van der Waals surface area contributed by atoms with Crippen molar-refractivity contribution in [2.75, 3.05) is 5.32 Å². The molecule has 0 saturated carbocycles. The van der Waals surface area contributed by atoms with Crippen LogP contribution in [-0.2, 0) is 17.8 Å². The van der Waals surface area contributed by atoms with Crippen molar-refractivity contribution in [3.63, 3.8) is 0 Å². The summed E-state index contributed by atoms with van der Waals surface area (Å²) in [4.78, 5) is 11.6. The fraction of sp³-hybridized carbons (Fsp3) is 0.208. The van der Waals surface area contributed by atoms with Gasteiger partial charge >= 0.3 is 5.97 Å². The highest BCUT2D eigenvalue weighted by Crippen LogP contribution is 2.49. The number of hydrogen-bond acceptors (Lipinski definition) is 2. The lowest BCUT2D eigenvalue weighted by Crippen LogP contribution is -2.16. The highest BCUT2D eigenvalue weighted by atomic mass is 19.3. The van der Waals surface area contributed by atoms with Crippen LogP contribution in [0.15, 0.2) is 48.5 Å². The van der Waals surface area contributed by atoms with E-state index in [9.17, 15) is 18.7 Å². The molecule has 0 bridgehead atoms. The minimum absolute atomic E-state index is 0.106. The van der Waals surface area contributed by atoms with Gasteiger partial charge in [-0.1, -0.05) is 54.1 Å². The van der Waals surface area contributed by atoms with E-state index < -0.39 is 12.4 Å². The third kappa shape index (κ3) is 3.27. The normalized spacial score (nSPS) is 12.3. The van der Waals surface area contributed by atoms with Gasteiger partial charge in [-0.3, -0.25) is 4.79 Å². The number of carbonyl (C=O) groups is 1. The van der Waals surface area contributed by atoms with Crippen molar-refractivity contribution in [1.29, 1.82) is 0 Å². The van der Waals surface area contributed by atoms with Gasteiger partial charge in [0.2, 0.25) is 0 Å². The second kappa shape index (κ2) is 7.32. The SMILES string of the molecule is Cc1ccc(-c2c(CC(=O)O)c(C)c3c(c2C(F)F)-c2ccccc2CN3)cc1. The molecule has 148 valence electrons. The van der Waals surface area contributed by atoms with Crippen LogP contribution in [0.4, 0.5) is 14.5 Å². The molecule has 3 aromatic carbocycles. The zero-order valence-electron chi connectivity index (χ0n) is 16.2. The number of aliphatic carboxylic acids is 1. The van der Waals surface area contributed by atoms with E-state index in [1.54, 1.807) is 12.1 Å². The minimum atomic E-state index is -2.75. The number of halogens is 2. The molecule has 0 spiro atoms. The average molecular weight is 393 g/mol. The smallest absolute Gasteiger partial charge is 0.307 e. The summed E-state index contributed by atoms with van der Waals surface area (Å²) in [6.07, 6.45) is -3.06. The molecule has 4 rings (SSSR count). The summed E-state index contributed by atoms with van der Waals surface area (Å²) in [6, 6.07) is 14.8. The van der Waals surface area contributed by atoms with Gasteiger partial charge in [0, 0.05) is 23.4 Å². The lowest BCUT2D eigenvalue weighted by molar-refractivity contribution is -0.136. The number of hydrogen-bond donors (Lipinski definition) is 2. The molecule has 3 nitrogen and oxygen atoms in total. The maximum Gasteiger partial charge on any atom is 0.307 e. The van der Waals surface area contributed by atoms with Gasteiger partial charge in [-0.05, 0) is 47.2 Å². The van der Waals surface area contributed by atoms with Crippen LogP contribution in [0.2, 0.25) is 0 Å². The lowest BCUT2D eigenvalue weighted by atomic mass is 9.80. The second-order valence-corrected chi connectivity index (χ2v) is 7.39. The van der Waals surface area contributed by atoms with Crippen LogP contribution in [0.1, 0.15) is 34.2 Å². The van der Waals surface area contributed by atoms with E-state index in [4.69, 9.17) is 0 Å². The molecule has 1 aliphatic rings. The Bertz CT molecular complexity index is 1100. The van der Waals surface area contributed by atoms with E-state index in [0.717, 1.165) is 16.7 Å². The zero-order chi connectivity index (χ0) is 20.7. The molecule has 0 radical (unpaired) electrons. The van der Waals surface area contributed by atoms with E-state index in [1.165, 1.54) is 0 Å². The molecule has 0 fully saturated rings. The first-order valence-corrected chi connectivity index (χ1v) is 9.47. The Morgan fingerprint density at radius 2 is 1.76 bits per heavy atom. The summed E-state index contributed by atoms with van der Waals surface area (Å²) in [5, 5.41) is 12.7. The van der Waals surface area contributed by atoms with Crippen LogP contribution >= 0.6 is 0 Å². The molecule has 1 aliphatic heterocycles. The number of carboxylic acids is 1. The first-order valence-electron chi connectivity index (χ1n) is 9.47. The number of aryl methyl sites for hydroxylation is 1. The summed E-state index contributed by atoms with van der Waals surface area (Å²) in [5.74, 6) is -1.04. The van der Waals surface area contributed by atoms with Gasteiger partial charge in [-0.2, -0.15) is 0 Å². The number of alkyl halides is 2. The van der Waals surface area contributed by atoms with E-state index in [-0.39, 0.29) is 12.0 Å². The Balaban J connectivity index is 2.14. The highest BCUT2D eigenvalue weighted by molar-refractivity contribution is 5.95. The van der Waals surface area contributed by atoms with E-state index in [0.29, 0.717) is 40.0 Å². The Morgan fingerprint density at radius 3 is 2.41 bits per heavy atom. The van der Waals surface area contributed by atoms with Crippen LogP contribution in [0.3, 0.4) is 0 Å². The summed E-state index contributed by atoms with van der Waals surface area (Å²) < 4.78 is 29.1. The van der Waals surface area contributed by atoms with E-state index >= 15 is 0 Å². The Kier molecular flexibility index (Phi) is 4.82. The summed E-state index contributed by atoms with van der Waals surface area (Å²) in [6.45, 7) is 4.25. The zero-order valence-corrected chi connectivity index (χ0v) is 16.2. The first kappa shape index (κ1) is 19.1. The van der Waals surface area contributed by atoms with E-state index in [2.05, 4.69) is 5.32 Å². The predicted octanol–water partition coefficient (Wildman–Crippen LogP) is 6.13. The van der Waals surface area contributed by atoms with Crippen molar-refractivity contribution < 1.29 is 18.7 Å². The molecule has 3 aromatic rings. The molecule has 0 amide bonds. The second-order valence-electron chi connectivity index (χ2n) is 7.39. The van der Waals surface area contributed by atoms with E-state index in [1.807, 2.05) is 50.2 Å². The van der Waals surface area contributed by atoms with Crippen molar-refractivity contribution in [3.8, 4) is 22.3 Å². The van der Waals surface area contributed by atoms with Crippen LogP contribution in [0.25, 0.3) is 22.3 Å². The molecule has 2 N–H and O–H groups in total. The fourth-order valence-electron chi connectivity index (χ4n) is 4.19. The van der Waals surface area contributed by atoms with Gasteiger partial charge in [0.15, 0.2) is 0 Å². The monoisotopic (exact) mass is 393 g/mol. The van der Waals surface area contributed by atoms with Crippen molar-refractivity contribution in [1.82, 2.24) is 0 Å². The maximum absolute atomic E-state index is 14.5. The molecule has 0 unspecified atom stereocenters. The largest absolute Gasteiger partial charge is 0.481 e. The number of benzene rings is 3. The van der Waals surface area contributed by atoms with Crippen LogP contribution in [-0.4, -0.2) is 11.1 Å². The molecule has 0 saturated heterocycles. The molecule has 0 aliphatic carbocycles. The van der Waals surface area contributed by atoms with Crippen LogP contribution < -0.4 is 5.32 Å². The molecule has 5 heteroatoms. The number of rotatable bonds is 4. The Hall–Kier alpha value is -3.21. The minimum Gasteiger partial charge on any atom is -0.481 e. The van der Waals surface area contributed by atoms with Crippen LogP contribution in [0.5, 0.6) is 0 Å². The van der Waals surface area contributed by atoms with Gasteiger partial charge < -0.3 is 10.4 Å². The lowest BCUT2D eigenvalue weighted by Gasteiger charge is -2.30. The summed E-state index contributed by atoms with van der Waals surface area (Å²) in [7, 11) is 0. The highest BCUT2D eigenvalue weighted by Gasteiger charge is 2.31. The third-order valence-electron chi connectivity index (χ3n) is 5.55. The number of anilines is 1.